The average Bonchev–Trinajstić information content (AvgIpc) is 3.77. The van der Waals surface area contributed by atoms with Gasteiger partial charge in [0.1, 0.15) is 18.0 Å². The number of cyclic esters (lactones) is 1. The lowest BCUT2D eigenvalue weighted by atomic mass is 9.95. The fourth-order valence-corrected chi connectivity index (χ4v) is 6.09. The Balaban J connectivity index is 1.46. The fraction of sp³-hybridized carbons (Fsp3) is 0.471. The van der Waals surface area contributed by atoms with E-state index < -0.39 is 49.9 Å². The zero-order valence-electron chi connectivity index (χ0n) is 28.5. The summed E-state index contributed by atoms with van der Waals surface area (Å²) in [5.74, 6) is -2.24. The lowest BCUT2D eigenvalue weighted by Crippen LogP contribution is -2.42. The second-order valence-electron chi connectivity index (χ2n) is 14.4. The van der Waals surface area contributed by atoms with Crippen molar-refractivity contribution in [3.63, 3.8) is 0 Å². The topological polar surface area (TPSA) is 116 Å². The molecule has 1 aromatic heterocycles. The molecule has 0 unspecified atom stereocenters. The van der Waals surface area contributed by atoms with Gasteiger partial charge in [-0.2, -0.15) is 0 Å². The molecule has 2 aliphatic rings. The first-order chi connectivity index (χ1) is 22.4. The third kappa shape index (κ3) is 7.54. The highest BCUT2D eigenvalue weighted by atomic mass is 28.4. The maximum Gasteiger partial charge on any atom is 0.416 e. The van der Waals surface area contributed by atoms with Crippen molar-refractivity contribution >= 4 is 37.7 Å². The van der Waals surface area contributed by atoms with Crippen molar-refractivity contribution in [3.8, 4) is 11.1 Å². The van der Waals surface area contributed by atoms with E-state index in [0.29, 0.717) is 11.3 Å². The monoisotopic (exact) mass is 684 g/mol. The number of carbonyl (C=O) groups excluding carboxylic acids is 2. The Morgan fingerprint density at radius 1 is 1.04 bits per heavy atom. The molecule has 14 heteroatoms. The van der Waals surface area contributed by atoms with Gasteiger partial charge in [0.05, 0.1) is 31.1 Å². The van der Waals surface area contributed by atoms with Gasteiger partial charge in [0, 0.05) is 23.6 Å². The van der Waals surface area contributed by atoms with Crippen molar-refractivity contribution in [2.45, 2.75) is 83.9 Å². The normalized spacial score (nSPS) is 18.4. The predicted molar refractivity (Wildman–Crippen MR) is 179 cm³/mol. The SMILES string of the molecule is CC(C)(C)OC(=O)N(C[C@H]1CN(c2c(C3=NO[C@@H](CO[Si](C)(C)C(C)(C)C)C3)cc(-c3ccccc3)c(F)c2F)C(=O)O1)c1ccon1. The van der Waals surface area contributed by atoms with E-state index in [1.54, 1.807) is 51.1 Å². The van der Waals surface area contributed by atoms with Crippen LogP contribution in [-0.4, -0.2) is 68.9 Å². The van der Waals surface area contributed by atoms with Crippen LogP contribution >= 0.6 is 0 Å². The second-order valence-corrected chi connectivity index (χ2v) is 19.2. The Hall–Kier alpha value is -4.30. The summed E-state index contributed by atoms with van der Waals surface area (Å²) in [6, 6.07) is 11.5. The summed E-state index contributed by atoms with van der Waals surface area (Å²) in [4.78, 5) is 34.4. The van der Waals surface area contributed by atoms with E-state index in [0.717, 1.165) is 9.80 Å². The molecule has 258 valence electrons. The molecule has 0 saturated carbocycles. The highest BCUT2D eigenvalue weighted by Gasteiger charge is 2.42. The van der Waals surface area contributed by atoms with Gasteiger partial charge in [-0.05, 0) is 50.5 Å². The van der Waals surface area contributed by atoms with Gasteiger partial charge in [-0.15, -0.1) is 0 Å². The van der Waals surface area contributed by atoms with Crippen LogP contribution in [0.3, 0.4) is 0 Å². The first kappa shape index (κ1) is 35.0. The number of halogens is 2. The van der Waals surface area contributed by atoms with Gasteiger partial charge in [0.25, 0.3) is 0 Å². The smallest absolute Gasteiger partial charge is 0.416 e. The lowest BCUT2D eigenvalue weighted by molar-refractivity contribution is 0.0427. The molecular weight excluding hydrogens is 642 g/mol. The minimum atomic E-state index is -2.10. The van der Waals surface area contributed by atoms with Crippen LogP contribution in [0.4, 0.5) is 29.9 Å². The Morgan fingerprint density at radius 2 is 1.75 bits per heavy atom. The summed E-state index contributed by atoms with van der Waals surface area (Å²) in [5.41, 5.74) is -0.202. The first-order valence-electron chi connectivity index (χ1n) is 15.8. The number of ether oxygens (including phenoxy) is 2. The molecule has 2 amide bonds. The third-order valence-electron chi connectivity index (χ3n) is 8.59. The maximum absolute atomic E-state index is 16.3. The van der Waals surface area contributed by atoms with Crippen molar-refractivity contribution < 1.29 is 41.6 Å². The molecule has 0 aliphatic carbocycles. The van der Waals surface area contributed by atoms with E-state index in [9.17, 15) is 9.59 Å². The number of hydrogen-bond donors (Lipinski definition) is 0. The second kappa shape index (κ2) is 13.3. The van der Waals surface area contributed by atoms with Crippen LogP contribution in [0, 0.1) is 11.6 Å². The molecule has 0 spiro atoms. The summed E-state index contributed by atoms with van der Waals surface area (Å²) >= 11 is 0. The van der Waals surface area contributed by atoms with Crippen LogP contribution in [0.25, 0.3) is 11.1 Å². The zero-order chi connectivity index (χ0) is 35.0. The summed E-state index contributed by atoms with van der Waals surface area (Å²) in [7, 11) is -2.10. The number of nitrogens with zero attached hydrogens (tertiary/aromatic N) is 4. The summed E-state index contributed by atoms with van der Waals surface area (Å²) in [6.07, 6.45) is -1.57. The van der Waals surface area contributed by atoms with Crippen molar-refractivity contribution in [3.05, 3.63) is 65.9 Å². The van der Waals surface area contributed by atoms with Crippen molar-refractivity contribution in [1.82, 2.24) is 5.16 Å². The highest BCUT2D eigenvalue weighted by molar-refractivity contribution is 6.74. The standard InChI is InChI=1S/C34H42F2N4O7Si/c1-33(2,3)46-32(42)39(27-14-15-43-38-27)18-23-19-40(31(41)45-23)30-25(17-24(28(35)29(30)36)21-12-10-9-11-13-21)26-16-22(47-37-26)20-44-48(7,8)34(4,5)6/h9-15,17,22-23H,16,18-20H2,1-8H3/t22-,23+/m1/s1. The van der Waals surface area contributed by atoms with Gasteiger partial charge in [0.2, 0.25) is 0 Å². The molecular formula is C34H42F2N4O7Si. The van der Waals surface area contributed by atoms with Crippen LogP contribution in [-0.2, 0) is 18.7 Å². The molecule has 2 aromatic carbocycles. The highest BCUT2D eigenvalue weighted by Crippen LogP contribution is 2.40. The Labute approximate surface area is 279 Å². The van der Waals surface area contributed by atoms with E-state index in [-0.39, 0.29) is 53.8 Å². The van der Waals surface area contributed by atoms with Gasteiger partial charge in [0.15, 0.2) is 31.9 Å². The maximum atomic E-state index is 16.3. The number of aromatic nitrogens is 1. The van der Waals surface area contributed by atoms with Gasteiger partial charge in [-0.3, -0.25) is 9.80 Å². The number of amides is 2. The van der Waals surface area contributed by atoms with Crippen molar-refractivity contribution in [1.29, 1.82) is 0 Å². The molecule has 5 rings (SSSR count). The third-order valence-corrected chi connectivity index (χ3v) is 13.1. The van der Waals surface area contributed by atoms with Crippen LogP contribution < -0.4 is 9.80 Å². The first-order valence-corrected chi connectivity index (χ1v) is 18.7. The quantitative estimate of drug-likeness (QED) is 0.209. The number of hydrogen-bond acceptors (Lipinski definition) is 9. The lowest BCUT2D eigenvalue weighted by Gasteiger charge is -2.36. The fourth-order valence-electron chi connectivity index (χ4n) is 5.05. The number of benzene rings is 2. The molecule has 2 atom stereocenters. The largest absolute Gasteiger partial charge is 0.443 e. The minimum absolute atomic E-state index is 0.00164. The van der Waals surface area contributed by atoms with Crippen LogP contribution in [0.5, 0.6) is 0 Å². The van der Waals surface area contributed by atoms with Crippen molar-refractivity contribution in [2.24, 2.45) is 5.16 Å². The summed E-state index contributed by atoms with van der Waals surface area (Å²) in [6.45, 7) is 15.7. The molecule has 11 nitrogen and oxygen atoms in total. The molecule has 3 heterocycles. The van der Waals surface area contributed by atoms with E-state index in [1.807, 2.05) is 0 Å². The van der Waals surface area contributed by atoms with Crippen LogP contribution in [0.15, 0.2) is 58.4 Å². The zero-order valence-corrected chi connectivity index (χ0v) is 29.5. The number of rotatable bonds is 9. The number of oxime groups is 1. The molecule has 0 N–H and O–H groups in total. The molecule has 0 radical (unpaired) electrons. The average molecular weight is 685 g/mol. The van der Waals surface area contributed by atoms with E-state index >= 15 is 8.78 Å². The van der Waals surface area contributed by atoms with Gasteiger partial charge in [-0.25, -0.2) is 18.4 Å². The van der Waals surface area contributed by atoms with Gasteiger partial charge in [-0.1, -0.05) is 61.4 Å². The summed E-state index contributed by atoms with van der Waals surface area (Å²) in [5, 5.41) is 8.08. The predicted octanol–water partition coefficient (Wildman–Crippen LogP) is 7.90. The van der Waals surface area contributed by atoms with E-state index in [1.165, 1.54) is 18.4 Å². The molecule has 1 fully saturated rings. The molecule has 0 bridgehead atoms. The Bertz CT molecular complexity index is 1670. The van der Waals surface area contributed by atoms with Gasteiger partial charge < -0.3 is 23.3 Å². The number of anilines is 2. The van der Waals surface area contributed by atoms with Crippen molar-refractivity contribution in [2.75, 3.05) is 29.5 Å². The molecule has 48 heavy (non-hydrogen) atoms. The van der Waals surface area contributed by atoms with E-state index in [4.69, 9.17) is 23.3 Å². The Kier molecular flexibility index (Phi) is 9.71. The Morgan fingerprint density at radius 3 is 2.38 bits per heavy atom. The van der Waals surface area contributed by atoms with Gasteiger partial charge >= 0.3 is 12.2 Å². The van der Waals surface area contributed by atoms with Crippen LogP contribution in [0.1, 0.15) is 53.5 Å². The molecule has 1 saturated heterocycles. The minimum Gasteiger partial charge on any atom is -0.443 e. The molecule has 3 aromatic rings. The summed E-state index contributed by atoms with van der Waals surface area (Å²) < 4.78 is 54.5. The van der Waals surface area contributed by atoms with E-state index in [2.05, 4.69) is 44.2 Å². The number of carbonyl (C=O) groups is 2. The van der Waals surface area contributed by atoms with Crippen LogP contribution in [0.2, 0.25) is 18.1 Å². The molecule has 2 aliphatic heterocycles.